The van der Waals surface area contributed by atoms with Crippen molar-refractivity contribution in [3.63, 3.8) is 0 Å². The SMILES string of the molecule is CCCNC1(C#N)CCCC1CCn1cc(Cl)c(C)n1. The monoisotopic (exact) mass is 294 g/mol. The van der Waals surface area contributed by atoms with E-state index < -0.39 is 0 Å². The minimum absolute atomic E-state index is 0.331. The molecule has 1 aliphatic rings. The van der Waals surface area contributed by atoms with Crippen LogP contribution in [-0.2, 0) is 6.54 Å². The summed E-state index contributed by atoms with van der Waals surface area (Å²) in [6.45, 7) is 5.79. The molecule has 0 saturated heterocycles. The summed E-state index contributed by atoms with van der Waals surface area (Å²) >= 11 is 6.03. The van der Waals surface area contributed by atoms with E-state index >= 15 is 0 Å². The molecular weight excluding hydrogens is 272 g/mol. The number of nitriles is 1. The molecule has 5 heteroatoms. The first-order valence-corrected chi connectivity index (χ1v) is 7.85. The lowest BCUT2D eigenvalue weighted by Crippen LogP contribution is -2.47. The highest BCUT2D eigenvalue weighted by atomic mass is 35.5. The van der Waals surface area contributed by atoms with Gasteiger partial charge in [0.2, 0.25) is 0 Å². The molecular formula is C15H23ClN4. The van der Waals surface area contributed by atoms with Crippen LogP contribution in [0.25, 0.3) is 0 Å². The summed E-state index contributed by atoms with van der Waals surface area (Å²) in [6.07, 6.45) is 7.13. The third-order valence-corrected chi connectivity index (χ3v) is 4.67. The Morgan fingerprint density at radius 1 is 1.65 bits per heavy atom. The fourth-order valence-corrected chi connectivity index (χ4v) is 3.28. The van der Waals surface area contributed by atoms with Gasteiger partial charge in [-0.3, -0.25) is 10.00 Å². The molecule has 1 aromatic rings. The van der Waals surface area contributed by atoms with Crippen molar-refractivity contribution in [1.29, 1.82) is 5.26 Å². The van der Waals surface area contributed by atoms with E-state index in [2.05, 4.69) is 23.4 Å². The first kappa shape index (κ1) is 15.3. The molecule has 4 nitrogen and oxygen atoms in total. The van der Waals surface area contributed by atoms with E-state index in [1.807, 2.05) is 17.8 Å². The van der Waals surface area contributed by atoms with Crippen molar-refractivity contribution in [2.45, 2.75) is 58.0 Å². The van der Waals surface area contributed by atoms with Crippen molar-refractivity contribution in [2.75, 3.05) is 6.54 Å². The average Bonchev–Trinajstić information content (AvgIpc) is 2.99. The summed E-state index contributed by atoms with van der Waals surface area (Å²) in [7, 11) is 0. The first-order chi connectivity index (χ1) is 9.61. The Morgan fingerprint density at radius 3 is 3.05 bits per heavy atom. The lowest BCUT2D eigenvalue weighted by molar-refractivity contribution is 0.287. The molecule has 1 aliphatic carbocycles. The normalized spacial score (nSPS) is 25.8. The topological polar surface area (TPSA) is 53.6 Å². The predicted octanol–water partition coefficient (Wildman–Crippen LogP) is 3.30. The maximum absolute atomic E-state index is 9.60. The lowest BCUT2D eigenvalue weighted by atomic mass is 9.85. The molecule has 0 spiro atoms. The van der Waals surface area contributed by atoms with Gasteiger partial charge in [-0.25, -0.2) is 0 Å². The quantitative estimate of drug-likeness (QED) is 0.876. The lowest BCUT2D eigenvalue weighted by Gasteiger charge is -2.30. The van der Waals surface area contributed by atoms with E-state index in [9.17, 15) is 5.26 Å². The van der Waals surface area contributed by atoms with Crippen LogP contribution in [0.5, 0.6) is 0 Å². The van der Waals surface area contributed by atoms with Gasteiger partial charge in [0.1, 0.15) is 5.54 Å². The van der Waals surface area contributed by atoms with Crippen molar-refractivity contribution >= 4 is 11.6 Å². The van der Waals surface area contributed by atoms with Crippen LogP contribution in [0.4, 0.5) is 0 Å². The number of aromatic nitrogens is 2. The number of aryl methyl sites for hydroxylation is 2. The Morgan fingerprint density at radius 2 is 2.45 bits per heavy atom. The van der Waals surface area contributed by atoms with Crippen molar-refractivity contribution in [2.24, 2.45) is 5.92 Å². The van der Waals surface area contributed by atoms with Crippen molar-refractivity contribution in [3.05, 3.63) is 16.9 Å². The summed E-state index contributed by atoms with van der Waals surface area (Å²) in [4.78, 5) is 0. The number of nitrogens with zero attached hydrogens (tertiary/aromatic N) is 3. The minimum atomic E-state index is -0.331. The van der Waals surface area contributed by atoms with Crippen LogP contribution in [0.1, 0.15) is 44.7 Å². The van der Waals surface area contributed by atoms with E-state index in [1.165, 1.54) is 0 Å². The van der Waals surface area contributed by atoms with Gasteiger partial charge in [0.15, 0.2) is 0 Å². The van der Waals surface area contributed by atoms with Crippen molar-refractivity contribution < 1.29 is 0 Å². The second kappa shape index (κ2) is 6.60. The minimum Gasteiger partial charge on any atom is -0.299 e. The molecule has 1 saturated carbocycles. The molecule has 2 atom stereocenters. The number of hydrogen-bond donors (Lipinski definition) is 1. The van der Waals surface area contributed by atoms with E-state index in [0.717, 1.165) is 50.9 Å². The zero-order valence-electron chi connectivity index (χ0n) is 12.3. The Hall–Kier alpha value is -1.05. The van der Waals surface area contributed by atoms with E-state index in [4.69, 9.17) is 11.6 Å². The Kier molecular flexibility index (Phi) is 5.06. The predicted molar refractivity (Wildman–Crippen MR) is 80.6 cm³/mol. The summed E-state index contributed by atoms with van der Waals surface area (Å²) in [5.74, 6) is 0.405. The van der Waals surface area contributed by atoms with Gasteiger partial charge in [0, 0.05) is 12.7 Å². The van der Waals surface area contributed by atoms with Crippen molar-refractivity contribution in [3.8, 4) is 6.07 Å². The van der Waals surface area contributed by atoms with Gasteiger partial charge in [-0.1, -0.05) is 24.9 Å². The Bertz CT molecular complexity index is 471. The largest absolute Gasteiger partial charge is 0.299 e. The number of nitrogens with one attached hydrogen (secondary N) is 1. The van der Waals surface area contributed by atoms with Crippen LogP contribution < -0.4 is 5.32 Å². The maximum Gasteiger partial charge on any atom is 0.109 e. The fraction of sp³-hybridized carbons (Fsp3) is 0.733. The van der Waals surface area contributed by atoms with Crippen LogP contribution >= 0.6 is 11.6 Å². The molecule has 1 fully saturated rings. The summed E-state index contributed by atoms with van der Waals surface area (Å²) in [5, 5.41) is 18.2. The molecule has 0 amide bonds. The molecule has 0 aromatic carbocycles. The first-order valence-electron chi connectivity index (χ1n) is 7.47. The highest BCUT2D eigenvalue weighted by molar-refractivity contribution is 6.31. The standard InChI is InChI=1S/C15H23ClN4/c1-3-8-18-15(11-17)7-4-5-13(15)6-9-20-10-14(16)12(2)19-20/h10,13,18H,3-9H2,1-2H3. The molecule has 20 heavy (non-hydrogen) atoms. The van der Waals surface area contributed by atoms with Gasteiger partial charge >= 0.3 is 0 Å². The molecule has 110 valence electrons. The van der Waals surface area contributed by atoms with Gasteiger partial charge in [0.05, 0.1) is 16.8 Å². The molecule has 0 radical (unpaired) electrons. The average molecular weight is 295 g/mol. The van der Waals surface area contributed by atoms with E-state index in [-0.39, 0.29) is 5.54 Å². The fourth-order valence-electron chi connectivity index (χ4n) is 3.13. The third-order valence-electron chi connectivity index (χ3n) is 4.30. The summed E-state index contributed by atoms with van der Waals surface area (Å²) in [5.41, 5.74) is 0.538. The second-order valence-corrected chi connectivity index (χ2v) is 6.12. The molecule has 1 N–H and O–H groups in total. The maximum atomic E-state index is 9.60. The van der Waals surface area contributed by atoms with E-state index in [0.29, 0.717) is 10.9 Å². The van der Waals surface area contributed by atoms with Crippen LogP contribution in [0, 0.1) is 24.2 Å². The van der Waals surface area contributed by atoms with Gasteiger partial charge in [-0.15, -0.1) is 0 Å². The molecule has 0 bridgehead atoms. The van der Waals surface area contributed by atoms with Gasteiger partial charge < -0.3 is 0 Å². The highest BCUT2D eigenvalue weighted by Crippen LogP contribution is 2.37. The van der Waals surface area contributed by atoms with Crippen LogP contribution in [0.2, 0.25) is 5.02 Å². The van der Waals surface area contributed by atoms with Crippen molar-refractivity contribution in [1.82, 2.24) is 15.1 Å². The molecule has 2 rings (SSSR count). The Labute approximate surface area is 126 Å². The van der Waals surface area contributed by atoms with Gasteiger partial charge in [-0.2, -0.15) is 10.4 Å². The molecule has 2 unspecified atom stereocenters. The van der Waals surface area contributed by atoms with Gasteiger partial charge in [0.25, 0.3) is 0 Å². The summed E-state index contributed by atoms with van der Waals surface area (Å²) < 4.78 is 1.90. The number of rotatable bonds is 6. The second-order valence-electron chi connectivity index (χ2n) is 5.71. The van der Waals surface area contributed by atoms with Crippen LogP contribution in [0.3, 0.4) is 0 Å². The Balaban J connectivity index is 1.98. The number of hydrogen-bond acceptors (Lipinski definition) is 3. The number of halogens is 1. The van der Waals surface area contributed by atoms with Crippen LogP contribution in [-0.4, -0.2) is 21.9 Å². The highest BCUT2D eigenvalue weighted by Gasteiger charge is 2.42. The van der Waals surface area contributed by atoms with Gasteiger partial charge in [-0.05, 0) is 45.1 Å². The molecule has 0 aliphatic heterocycles. The molecule has 1 aromatic heterocycles. The summed E-state index contributed by atoms with van der Waals surface area (Å²) in [6, 6.07) is 2.55. The van der Waals surface area contributed by atoms with E-state index in [1.54, 1.807) is 0 Å². The zero-order valence-corrected chi connectivity index (χ0v) is 13.1. The zero-order chi connectivity index (χ0) is 14.6. The molecule has 1 heterocycles. The third kappa shape index (κ3) is 3.16. The smallest absolute Gasteiger partial charge is 0.109 e. The van der Waals surface area contributed by atoms with Crippen LogP contribution in [0.15, 0.2) is 6.20 Å².